The average Bonchev–Trinajstić information content (AvgIpc) is 2.56. The smallest absolute Gasteiger partial charge is 0.312 e. The molecule has 1 N–H and O–H groups in total. The van der Waals surface area contributed by atoms with Gasteiger partial charge in [0.05, 0.1) is 18.1 Å². The van der Waals surface area contributed by atoms with Gasteiger partial charge in [-0.2, -0.15) is 0 Å². The van der Waals surface area contributed by atoms with Crippen LogP contribution in [-0.2, 0) is 22.5 Å². The van der Waals surface area contributed by atoms with Crippen LogP contribution >= 0.6 is 11.6 Å². The summed E-state index contributed by atoms with van der Waals surface area (Å²) >= 11 is 5.82. The molecule has 0 saturated heterocycles. The lowest BCUT2D eigenvalue weighted by molar-refractivity contribution is -0.141. The summed E-state index contributed by atoms with van der Waals surface area (Å²) in [5, 5.41) is 9.38. The van der Waals surface area contributed by atoms with Gasteiger partial charge in [-0.15, -0.1) is 0 Å². The predicted octanol–water partition coefficient (Wildman–Crippen LogP) is 1.41. The summed E-state index contributed by atoms with van der Waals surface area (Å²) in [5.41, 5.74) is 0.730. The number of carbonyl (C=O) groups excluding carboxylic acids is 1. The molecule has 0 atom stereocenters. The van der Waals surface area contributed by atoms with Crippen molar-refractivity contribution < 1.29 is 14.6 Å². The molecule has 1 aromatic rings. The van der Waals surface area contributed by atoms with Crippen molar-refractivity contribution in [3.8, 4) is 0 Å². The van der Waals surface area contributed by atoms with Crippen LogP contribution in [0.5, 0.6) is 0 Å². The van der Waals surface area contributed by atoms with E-state index in [1.165, 1.54) is 6.08 Å². The minimum atomic E-state index is -0.339. The number of hydrogen-bond acceptors (Lipinski definition) is 3. The third-order valence-electron chi connectivity index (χ3n) is 1.98. The quantitative estimate of drug-likeness (QED) is 0.607. The topological polar surface area (TPSA) is 51.5 Å². The van der Waals surface area contributed by atoms with Crippen LogP contribution in [0.15, 0.2) is 24.9 Å². The van der Waals surface area contributed by atoms with E-state index in [0.29, 0.717) is 11.6 Å². The SMILES string of the molecule is C=CCOC(=O)Cc1cc(Cl)cn1CCO. The van der Waals surface area contributed by atoms with Crippen molar-refractivity contribution in [2.75, 3.05) is 13.2 Å². The molecule has 0 saturated carbocycles. The van der Waals surface area contributed by atoms with Crippen molar-refractivity contribution >= 4 is 17.6 Å². The second-order valence-corrected chi connectivity index (χ2v) is 3.65. The van der Waals surface area contributed by atoms with E-state index in [1.807, 2.05) is 0 Å². The van der Waals surface area contributed by atoms with E-state index in [9.17, 15) is 4.79 Å². The van der Waals surface area contributed by atoms with E-state index in [0.717, 1.165) is 5.69 Å². The van der Waals surface area contributed by atoms with E-state index < -0.39 is 0 Å². The Labute approximate surface area is 99.1 Å². The van der Waals surface area contributed by atoms with Gasteiger partial charge >= 0.3 is 5.97 Å². The number of esters is 1. The summed E-state index contributed by atoms with van der Waals surface area (Å²) in [4.78, 5) is 11.3. The lowest BCUT2D eigenvalue weighted by Gasteiger charge is -2.06. The van der Waals surface area contributed by atoms with Crippen molar-refractivity contribution in [3.63, 3.8) is 0 Å². The highest BCUT2D eigenvalue weighted by atomic mass is 35.5. The lowest BCUT2D eigenvalue weighted by atomic mass is 10.3. The van der Waals surface area contributed by atoms with Crippen LogP contribution in [0, 0.1) is 0 Å². The average molecular weight is 244 g/mol. The largest absolute Gasteiger partial charge is 0.461 e. The van der Waals surface area contributed by atoms with Gasteiger partial charge in [-0.05, 0) is 6.07 Å². The molecule has 1 aromatic heterocycles. The van der Waals surface area contributed by atoms with Gasteiger partial charge in [-0.1, -0.05) is 24.3 Å². The third-order valence-corrected chi connectivity index (χ3v) is 2.19. The molecule has 5 heteroatoms. The number of nitrogens with zero attached hydrogens (tertiary/aromatic N) is 1. The number of ether oxygens (including phenoxy) is 1. The first-order chi connectivity index (χ1) is 7.67. The third kappa shape index (κ3) is 3.72. The molecule has 0 spiro atoms. The highest BCUT2D eigenvalue weighted by molar-refractivity contribution is 6.30. The second kappa shape index (κ2) is 6.35. The van der Waals surface area contributed by atoms with E-state index in [2.05, 4.69) is 6.58 Å². The standard InChI is InChI=1S/C11H14ClNO3/c1-2-5-16-11(15)7-10-6-9(12)8-13(10)3-4-14/h2,6,8,14H,1,3-5,7H2. The number of carbonyl (C=O) groups is 1. The lowest BCUT2D eigenvalue weighted by Crippen LogP contribution is -2.12. The molecule has 0 aliphatic rings. The van der Waals surface area contributed by atoms with Gasteiger partial charge in [-0.3, -0.25) is 4.79 Å². The van der Waals surface area contributed by atoms with Gasteiger partial charge in [0, 0.05) is 18.4 Å². The highest BCUT2D eigenvalue weighted by Crippen LogP contribution is 2.15. The Bertz CT molecular complexity index is 373. The Balaban J connectivity index is 2.64. The second-order valence-electron chi connectivity index (χ2n) is 3.22. The molecule has 1 rings (SSSR count). The molecule has 0 fully saturated rings. The zero-order valence-corrected chi connectivity index (χ0v) is 9.61. The molecule has 16 heavy (non-hydrogen) atoms. The Morgan fingerprint density at radius 1 is 1.69 bits per heavy atom. The van der Waals surface area contributed by atoms with Crippen molar-refractivity contribution in [1.29, 1.82) is 0 Å². The molecule has 88 valence electrons. The monoisotopic (exact) mass is 243 g/mol. The molecule has 0 unspecified atom stereocenters. The van der Waals surface area contributed by atoms with Crippen molar-refractivity contribution in [1.82, 2.24) is 4.57 Å². The van der Waals surface area contributed by atoms with Gasteiger partial charge in [0.15, 0.2) is 0 Å². The number of rotatable bonds is 6. The van der Waals surface area contributed by atoms with E-state index >= 15 is 0 Å². The molecular weight excluding hydrogens is 230 g/mol. The van der Waals surface area contributed by atoms with Crippen LogP contribution in [0.4, 0.5) is 0 Å². The molecule has 4 nitrogen and oxygen atoms in total. The van der Waals surface area contributed by atoms with Crippen molar-refractivity contribution in [2.45, 2.75) is 13.0 Å². The number of aliphatic hydroxyl groups excluding tert-OH is 1. The maximum absolute atomic E-state index is 11.3. The highest BCUT2D eigenvalue weighted by Gasteiger charge is 2.10. The summed E-state index contributed by atoms with van der Waals surface area (Å²) < 4.78 is 6.60. The molecule has 0 amide bonds. The van der Waals surface area contributed by atoms with Gasteiger partial charge in [0.1, 0.15) is 6.61 Å². The Kier molecular flexibility index (Phi) is 5.08. The number of aromatic nitrogens is 1. The van der Waals surface area contributed by atoms with Gasteiger partial charge in [0.25, 0.3) is 0 Å². The summed E-state index contributed by atoms with van der Waals surface area (Å²) in [5.74, 6) is -0.339. The predicted molar refractivity (Wildman–Crippen MR) is 61.4 cm³/mol. The maximum Gasteiger partial charge on any atom is 0.312 e. The van der Waals surface area contributed by atoms with Crippen molar-refractivity contribution in [2.24, 2.45) is 0 Å². The van der Waals surface area contributed by atoms with Crippen LogP contribution in [0.25, 0.3) is 0 Å². The summed E-state index contributed by atoms with van der Waals surface area (Å²) in [7, 11) is 0. The Morgan fingerprint density at radius 2 is 2.44 bits per heavy atom. The number of halogens is 1. The minimum Gasteiger partial charge on any atom is -0.461 e. The van der Waals surface area contributed by atoms with Crippen LogP contribution in [0.3, 0.4) is 0 Å². The zero-order valence-electron chi connectivity index (χ0n) is 8.86. The van der Waals surface area contributed by atoms with Crippen LogP contribution in [0.2, 0.25) is 5.02 Å². The van der Waals surface area contributed by atoms with Gasteiger partial charge in [-0.25, -0.2) is 0 Å². The first-order valence-electron chi connectivity index (χ1n) is 4.89. The maximum atomic E-state index is 11.3. The fourth-order valence-corrected chi connectivity index (χ4v) is 1.57. The first kappa shape index (κ1) is 12.8. The Hall–Kier alpha value is -1.26. The molecule has 0 radical (unpaired) electrons. The van der Waals surface area contributed by atoms with Crippen LogP contribution in [-0.4, -0.2) is 28.9 Å². The number of aliphatic hydroxyl groups is 1. The van der Waals surface area contributed by atoms with Gasteiger partial charge < -0.3 is 14.4 Å². The summed E-state index contributed by atoms with van der Waals surface area (Å²) in [6.07, 6.45) is 3.33. The molecule has 0 bridgehead atoms. The molecule has 0 aliphatic heterocycles. The first-order valence-corrected chi connectivity index (χ1v) is 5.27. The molecule has 1 heterocycles. The molecule has 0 aromatic carbocycles. The minimum absolute atomic E-state index is 0.000283. The van der Waals surface area contributed by atoms with Crippen molar-refractivity contribution in [3.05, 3.63) is 35.6 Å². The Morgan fingerprint density at radius 3 is 3.06 bits per heavy atom. The number of hydrogen-bond donors (Lipinski definition) is 1. The fourth-order valence-electron chi connectivity index (χ4n) is 1.33. The molecular formula is C11H14ClNO3. The van der Waals surface area contributed by atoms with E-state index in [4.69, 9.17) is 21.4 Å². The summed E-state index contributed by atoms with van der Waals surface area (Å²) in [6, 6.07) is 1.69. The fraction of sp³-hybridized carbons (Fsp3) is 0.364. The van der Waals surface area contributed by atoms with Crippen LogP contribution in [0.1, 0.15) is 5.69 Å². The van der Waals surface area contributed by atoms with Gasteiger partial charge in [0.2, 0.25) is 0 Å². The van der Waals surface area contributed by atoms with E-state index in [-0.39, 0.29) is 25.6 Å². The van der Waals surface area contributed by atoms with E-state index in [1.54, 1.807) is 16.8 Å². The summed E-state index contributed by atoms with van der Waals surface area (Å²) in [6.45, 7) is 4.07. The van der Waals surface area contributed by atoms with Crippen LogP contribution < -0.4 is 0 Å². The molecule has 0 aliphatic carbocycles. The zero-order chi connectivity index (χ0) is 12.0. The normalized spacial score (nSPS) is 10.1.